The van der Waals surface area contributed by atoms with Crippen LogP contribution in [-0.4, -0.2) is 57.3 Å². The molecule has 1 unspecified atom stereocenters. The molecule has 3 aromatic rings. The quantitative estimate of drug-likeness (QED) is 0.735. The van der Waals surface area contributed by atoms with E-state index >= 15 is 0 Å². The summed E-state index contributed by atoms with van der Waals surface area (Å²) < 4.78 is 5.52. The van der Waals surface area contributed by atoms with Gasteiger partial charge in [0.1, 0.15) is 17.9 Å². The van der Waals surface area contributed by atoms with Gasteiger partial charge < -0.3 is 14.5 Å². The first-order chi connectivity index (χ1) is 14.3. The van der Waals surface area contributed by atoms with E-state index < -0.39 is 0 Å². The summed E-state index contributed by atoms with van der Waals surface area (Å²) in [4.78, 5) is 25.6. The zero-order valence-electron chi connectivity index (χ0n) is 16.2. The van der Waals surface area contributed by atoms with E-state index in [1.165, 1.54) is 0 Å². The number of hydrogen-bond acceptors (Lipinski definition) is 6. The van der Waals surface area contributed by atoms with Crippen LogP contribution < -0.4 is 4.90 Å². The fourth-order valence-electron chi connectivity index (χ4n) is 4.24. The molecular weight excluding hydrogens is 368 g/mol. The fraction of sp³-hybridized carbons (Fsp3) is 0.429. The maximum Gasteiger partial charge on any atom is 0.410 e. The summed E-state index contributed by atoms with van der Waals surface area (Å²) in [5.41, 5.74) is 2.51. The Labute approximate surface area is 168 Å². The molecule has 1 amide bonds. The second kappa shape index (κ2) is 7.69. The first-order valence-electron chi connectivity index (χ1n) is 10.1. The smallest absolute Gasteiger partial charge is 0.410 e. The minimum Gasteiger partial charge on any atom is -0.445 e. The van der Waals surface area contributed by atoms with Crippen LogP contribution in [0.15, 0.2) is 42.7 Å². The van der Waals surface area contributed by atoms with E-state index in [9.17, 15) is 4.79 Å². The molecule has 4 heterocycles. The van der Waals surface area contributed by atoms with Crippen molar-refractivity contribution in [3.63, 3.8) is 0 Å². The molecule has 5 rings (SSSR count). The number of aromatic amines is 1. The predicted octanol–water partition coefficient (Wildman–Crippen LogP) is 2.84. The third kappa shape index (κ3) is 3.74. The number of piperidine rings is 1. The van der Waals surface area contributed by atoms with Gasteiger partial charge in [-0.1, -0.05) is 30.3 Å². The number of amides is 1. The third-order valence-corrected chi connectivity index (χ3v) is 5.97. The molecule has 2 aromatic heterocycles. The highest BCUT2D eigenvalue weighted by atomic mass is 16.6. The summed E-state index contributed by atoms with van der Waals surface area (Å²) in [6.45, 7) is 3.78. The number of carbonyl (C=O) groups excluding carboxylic acids is 1. The van der Waals surface area contributed by atoms with Gasteiger partial charge >= 0.3 is 6.09 Å². The Morgan fingerprint density at radius 1 is 1.14 bits per heavy atom. The number of hydrogen-bond donors (Lipinski definition) is 1. The van der Waals surface area contributed by atoms with Crippen molar-refractivity contribution in [3.8, 4) is 0 Å². The van der Waals surface area contributed by atoms with Crippen LogP contribution >= 0.6 is 0 Å². The average molecular weight is 392 g/mol. The Morgan fingerprint density at radius 3 is 2.86 bits per heavy atom. The normalized spacial score (nSPS) is 19.9. The molecule has 2 aliphatic heterocycles. The van der Waals surface area contributed by atoms with E-state index in [1.807, 2.05) is 41.4 Å². The van der Waals surface area contributed by atoms with Crippen molar-refractivity contribution in [1.82, 2.24) is 25.1 Å². The second-order valence-electron chi connectivity index (χ2n) is 7.89. The van der Waals surface area contributed by atoms with Crippen molar-refractivity contribution in [2.24, 2.45) is 11.8 Å². The van der Waals surface area contributed by atoms with Crippen LogP contribution in [0.5, 0.6) is 0 Å². The Kier molecular flexibility index (Phi) is 4.75. The molecule has 8 nitrogen and oxygen atoms in total. The fourth-order valence-corrected chi connectivity index (χ4v) is 4.24. The van der Waals surface area contributed by atoms with Crippen LogP contribution in [-0.2, 0) is 11.3 Å². The lowest BCUT2D eigenvalue weighted by Gasteiger charge is -2.46. The first kappa shape index (κ1) is 17.9. The maximum atomic E-state index is 12.5. The van der Waals surface area contributed by atoms with Crippen LogP contribution in [0, 0.1) is 11.8 Å². The molecule has 0 aliphatic carbocycles. The van der Waals surface area contributed by atoms with Gasteiger partial charge in [-0.2, -0.15) is 5.10 Å². The van der Waals surface area contributed by atoms with Gasteiger partial charge in [-0.3, -0.25) is 5.10 Å². The average Bonchev–Trinajstić information content (AvgIpc) is 3.20. The topological polar surface area (TPSA) is 87.2 Å². The molecule has 8 heteroatoms. The number of H-pyrrole nitrogens is 1. The number of rotatable bonds is 4. The number of anilines is 1. The minimum atomic E-state index is -0.203. The lowest BCUT2D eigenvalue weighted by atomic mass is 9.80. The Morgan fingerprint density at radius 2 is 2.00 bits per heavy atom. The highest BCUT2D eigenvalue weighted by Gasteiger charge is 2.37. The molecule has 0 spiro atoms. The number of ether oxygens (including phenoxy) is 1. The van der Waals surface area contributed by atoms with E-state index in [2.05, 4.69) is 25.1 Å². The first-order valence-corrected chi connectivity index (χ1v) is 10.1. The molecule has 1 atom stereocenters. The monoisotopic (exact) mass is 392 g/mol. The lowest BCUT2D eigenvalue weighted by molar-refractivity contribution is 0.0664. The standard InChI is InChI=1S/C21H24N6O2/c28-21(29-14-15-5-2-1-3-6-15)26-8-4-7-16(11-26)17-12-27(13-17)19-10-22-18-9-23-25-20(18)24-19/h1-3,5-6,9-10,16-17H,4,7-8,11-14H2,(H,23,24,25). The van der Waals surface area contributed by atoms with Gasteiger partial charge in [-0.15, -0.1) is 0 Å². The van der Waals surface area contributed by atoms with Gasteiger partial charge in [-0.05, 0) is 30.2 Å². The highest BCUT2D eigenvalue weighted by molar-refractivity contribution is 5.70. The van der Waals surface area contributed by atoms with Gasteiger partial charge in [0.15, 0.2) is 5.65 Å². The van der Waals surface area contributed by atoms with E-state index in [0.717, 1.165) is 61.6 Å². The molecule has 0 bridgehead atoms. The number of carbonyl (C=O) groups is 1. The Balaban J connectivity index is 1.14. The Hall–Kier alpha value is -3.16. The van der Waals surface area contributed by atoms with Crippen molar-refractivity contribution in [2.45, 2.75) is 19.4 Å². The lowest BCUT2D eigenvalue weighted by Crippen LogP contribution is -2.54. The molecule has 0 radical (unpaired) electrons. The SMILES string of the molecule is O=C(OCc1ccccc1)N1CCCC(C2CN(c3cnc4cn[nH]c4n3)C2)C1. The summed E-state index contributed by atoms with van der Waals surface area (Å²) in [7, 11) is 0. The number of benzene rings is 1. The van der Waals surface area contributed by atoms with Crippen molar-refractivity contribution < 1.29 is 9.53 Å². The van der Waals surface area contributed by atoms with Gasteiger partial charge in [0.2, 0.25) is 0 Å². The van der Waals surface area contributed by atoms with Crippen molar-refractivity contribution in [3.05, 3.63) is 48.3 Å². The van der Waals surface area contributed by atoms with Crippen molar-refractivity contribution >= 4 is 23.1 Å². The van der Waals surface area contributed by atoms with Gasteiger partial charge in [-0.25, -0.2) is 14.8 Å². The molecule has 1 N–H and O–H groups in total. The summed E-state index contributed by atoms with van der Waals surface area (Å²) >= 11 is 0. The summed E-state index contributed by atoms with van der Waals surface area (Å²) in [5.74, 6) is 1.96. The highest BCUT2D eigenvalue weighted by Crippen LogP contribution is 2.33. The molecule has 1 aromatic carbocycles. The minimum absolute atomic E-state index is 0.203. The van der Waals surface area contributed by atoms with Gasteiger partial charge in [0.25, 0.3) is 0 Å². The zero-order valence-corrected chi connectivity index (χ0v) is 16.2. The van der Waals surface area contributed by atoms with E-state index in [4.69, 9.17) is 4.74 Å². The zero-order chi connectivity index (χ0) is 19.6. The molecule has 0 saturated carbocycles. The summed E-state index contributed by atoms with van der Waals surface area (Å²) in [5, 5.41) is 6.85. The van der Waals surface area contributed by atoms with E-state index in [1.54, 1.807) is 6.20 Å². The third-order valence-electron chi connectivity index (χ3n) is 5.97. The summed E-state index contributed by atoms with van der Waals surface area (Å²) in [6.07, 6.45) is 5.47. The summed E-state index contributed by atoms with van der Waals surface area (Å²) in [6, 6.07) is 9.81. The predicted molar refractivity (Wildman–Crippen MR) is 108 cm³/mol. The Bertz CT molecular complexity index is 985. The molecule has 29 heavy (non-hydrogen) atoms. The van der Waals surface area contributed by atoms with Gasteiger partial charge in [0.05, 0.1) is 12.4 Å². The van der Waals surface area contributed by atoms with Crippen LogP contribution in [0.4, 0.5) is 10.6 Å². The van der Waals surface area contributed by atoms with Crippen LogP contribution in [0.2, 0.25) is 0 Å². The molecule has 2 fully saturated rings. The molecule has 2 aliphatic rings. The largest absolute Gasteiger partial charge is 0.445 e. The van der Waals surface area contributed by atoms with E-state index in [0.29, 0.717) is 18.4 Å². The second-order valence-corrected chi connectivity index (χ2v) is 7.89. The van der Waals surface area contributed by atoms with Crippen molar-refractivity contribution in [2.75, 3.05) is 31.1 Å². The number of fused-ring (bicyclic) bond motifs is 1. The van der Waals surface area contributed by atoms with Crippen molar-refractivity contribution in [1.29, 1.82) is 0 Å². The van der Waals surface area contributed by atoms with Crippen LogP contribution in [0.3, 0.4) is 0 Å². The van der Waals surface area contributed by atoms with E-state index in [-0.39, 0.29) is 6.09 Å². The molecule has 150 valence electrons. The number of nitrogens with zero attached hydrogens (tertiary/aromatic N) is 5. The van der Waals surface area contributed by atoms with Crippen LogP contribution in [0.1, 0.15) is 18.4 Å². The maximum absolute atomic E-state index is 12.5. The number of likely N-dealkylation sites (tertiary alicyclic amines) is 1. The number of aromatic nitrogens is 4. The van der Waals surface area contributed by atoms with Gasteiger partial charge in [0, 0.05) is 26.2 Å². The number of nitrogens with one attached hydrogen (secondary N) is 1. The molecular formula is C21H24N6O2. The van der Waals surface area contributed by atoms with Crippen LogP contribution in [0.25, 0.3) is 11.2 Å². The molecule has 2 saturated heterocycles.